The fraction of sp³-hybridized carbons (Fsp3) is 0.615. The molecule has 1 aromatic heterocycles. The van der Waals surface area contributed by atoms with Crippen molar-refractivity contribution in [2.24, 2.45) is 0 Å². The topological polar surface area (TPSA) is 56.9 Å². The van der Waals surface area contributed by atoms with Crippen LogP contribution in [0.2, 0.25) is 0 Å². The van der Waals surface area contributed by atoms with Gasteiger partial charge in [0.05, 0.1) is 12.4 Å². The molecule has 0 bridgehead atoms. The van der Waals surface area contributed by atoms with Gasteiger partial charge in [-0.1, -0.05) is 0 Å². The van der Waals surface area contributed by atoms with Crippen LogP contribution in [0.25, 0.3) is 0 Å². The van der Waals surface area contributed by atoms with Crippen molar-refractivity contribution in [3.05, 3.63) is 23.7 Å². The Bertz CT molecular complexity index is 414. The highest BCUT2D eigenvalue weighted by molar-refractivity contribution is 7.97. The predicted molar refractivity (Wildman–Crippen MR) is 75.4 cm³/mol. The third kappa shape index (κ3) is 3.75. The number of hydrogen-bond acceptors (Lipinski definition) is 5. The van der Waals surface area contributed by atoms with E-state index in [1.165, 1.54) is 0 Å². The molecule has 0 unspecified atom stereocenters. The summed E-state index contributed by atoms with van der Waals surface area (Å²) in [6.07, 6.45) is 2.00. The number of carbonyl (C=O) groups is 1. The first kappa shape index (κ1) is 14.4. The Hall–Kier alpha value is -0.980. The van der Waals surface area contributed by atoms with Crippen molar-refractivity contribution < 1.29 is 14.3 Å². The van der Waals surface area contributed by atoms with E-state index in [2.05, 4.69) is 4.90 Å². The minimum atomic E-state index is -0.0315. The van der Waals surface area contributed by atoms with Crippen LogP contribution in [0.15, 0.2) is 16.5 Å². The molecule has 0 spiro atoms. The van der Waals surface area contributed by atoms with Crippen LogP contribution in [-0.2, 0) is 5.75 Å². The number of piperazine rings is 1. The summed E-state index contributed by atoms with van der Waals surface area (Å²) < 4.78 is 5.55. The maximum absolute atomic E-state index is 12.2. The van der Waals surface area contributed by atoms with Crippen LogP contribution in [0.3, 0.4) is 0 Å². The summed E-state index contributed by atoms with van der Waals surface area (Å²) in [6.45, 7) is 3.86. The molecule has 5 nitrogen and oxygen atoms in total. The molecule has 0 aromatic carbocycles. The van der Waals surface area contributed by atoms with E-state index in [0.717, 1.165) is 24.6 Å². The first-order valence-electron chi connectivity index (χ1n) is 6.44. The average molecular weight is 284 g/mol. The number of amides is 1. The number of hydrogen-bond donors (Lipinski definition) is 1. The molecule has 0 radical (unpaired) electrons. The highest BCUT2D eigenvalue weighted by atomic mass is 32.2. The number of furan rings is 1. The molecule has 106 valence electrons. The molecule has 1 N–H and O–H groups in total. The van der Waals surface area contributed by atoms with Crippen molar-refractivity contribution >= 4 is 17.7 Å². The van der Waals surface area contributed by atoms with Gasteiger partial charge < -0.3 is 14.4 Å². The summed E-state index contributed by atoms with van der Waals surface area (Å²) in [4.78, 5) is 16.2. The molecule has 0 saturated carbocycles. The third-order valence-electron chi connectivity index (χ3n) is 3.23. The molecule has 1 aliphatic heterocycles. The van der Waals surface area contributed by atoms with E-state index in [0.29, 0.717) is 25.4 Å². The van der Waals surface area contributed by atoms with E-state index in [9.17, 15) is 4.79 Å². The second-order valence-electron chi connectivity index (χ2n) is 4.56. The maximum atomic E-state index is 12.2. The van der Waals surface area contributed by atoms with E-state index in [-0.39, 0.29) is 12.5 Å². The summed E-state index contributed by atoms with van der Waals surface area (Å²) in [5, 5.41) is 8.89. The smallest absolute Gasteiger partial charge is 0.289 e. The fourth-order valence-corrected chi connectivity index (χ4v) is 2.62. The second-order valence-corrected chi connectivity index (χ2v) is 5.42. The van der Waals surface area contributed by atoms with Crippen LogP contribution in [0, 0.1) is 0 Å². The van der Waals surface area contributed by atoms with Crippen LogP contribution in [0.1, 0.15) is 16.3 Å². The molecular weight excluding hydrogens is 264 g/mol. The number of aliphatic hydroxyl groups excluding tert-OH is 1. The second kappa shape index (κ2) is 6.98. The van der Waals surface area contributed by atoms with Crippen LogP contribution >= 0.6 is 11.8 Å². The lowest BCUT2D eigenvalue weighted by molar-refractivity contribution is 0.0584. The lowest BCUT2D eigenvalue weighted by Crippen LogP contribution is -2.49. The molecule has 19 heavy (non-hydrogen) atoms. The van der Waals surface area contributed by atoms with E-state index < -0.39 is 0 Å². The first-order chi connectivity index (χ1) is 9.24. The van der Waals surface area contributed by atoms with Gasteiger partial charge in [0.15, 0.2) is 5.76 Å². The van der Waals surface area contributed by atoms with Gasteiger partial charge in [0.2, 0.25) is 0 Å². The SMILES string of the molecule is CSCc1ccc(C(=O)N2CCN(CCO)CC2)o1. The Morgan fingerprint density at radius 1 is 1.37 bits per heavy atom. The third-order valence-corrected chi connectivity index (χ3v) is 3.81. The molecule has 1 aliphatic rings. The van der Waals surface area contributed by atoms with Gasteiger partial charge in [-0.25, -0.2) is 0 Å². The molecule has 1 aromatic rings. The van der Waals surface area contributed by atoms with Gasteiger partial charge in [0, 0.05) is 32.7 Å². The number of nitrogens with zero attached hydrogens (tertiary/aromatic N) is 2. The Morgan fingerprint density at radius 2 is 2.11 bits per heavy atom. The van der Waals surface area contributed by atoms with E-state index in [4.69, 9.17) is 9.52 Å². The van der Waals surface area contributed by atoms with E-state index in [1.807, 2.05) is 17.2 Å². The summed E-state index contributed by atoms with van der Waals surface area (Å²) in [5.41, 5.74) is 0. The van der Waals surface area contributed by atoms with Gasteiger partial charge >= 0.3 is 0 Å². The normalized spacial score (nSPS) is 16.8. The summed E-state index contributed by atoms with van der Waals surface area (Å²) in [5.74, 6) is 2.03. The molecule has 1 amide bonds. The van der Waals surface area contributed by atoms with Crippen molar-refractivity contribution in [2.45, 2.75) is 5.75 Å². The van der Waals surface area contributed by atoms with E-state index in [1.54, 1.807) is 17.8 Å². The van der Waals surface area contributed by atoms with Gasteiger partial charge in [-0.2, -0.15) is 11.8 Å². The minimum absolute atomic E-state index is 0.0315. The van der Waals surface area contributed by atoms with Gasteiger partial charge in [0.25, 0.3) is 5.91 Å². The number of carbonyl (C=O) groups excluding carboxylic acids is 1. The quantitative estimate of drug-likeness (QED) is 0.870. The zero-order chi connectivity index (χ0) is 13.7. The van der Waals surface area contributed by atoms with Crippen LogP contribution in [0.4, 0.5) is 0 Å². The van der Waals surface area contributed by atoms with Crippen molar-refractivity contribution in [1.82, 2.24) is 9.80 Å². The Morgan fingerprint density at radius 3 is 2.74 bits per heavy atom. The number of β-amino-alcohol motifs (C(OH)–C–C–N with tert-alkyl or cyclic N) is 1. The van der Waals surface area contributed by atoms with Crippen molar-refractivity contribution in [2.75, 3.05) is 45.6 Å². The molecule has 0 aliphatic carbocycles. The molecule has 0 atom stereocenters. The minimum Gasteiger partial charge on any atom is -0.455 e. The number of thioether (sulfide) groups is 1. The summed E-state index contributed by atoms with van der Waals surface area (Å²) >= 11 is 1.67. The first-order valence-corrected chi connectivity index (χ1v) is 7.84. The van der Waals surface area contributed by atoms with Gasteiger partial charge in [-0.3, -0.25) is 9.69 Å². The predicted octanol–water partition coefficient (Wildman–Crippen LogP) is 0.893. The fourth-order valence-electron chi connectivity index (χ4n) is 2.18. The van der Waals surface area contributed by atoms with Crippen LogP contribution in [-0.4, -0.2) is 66.4 Å². The Kier molecular flexibility index (Phi) is 5.30. The monoisotopic (exact) mass is 284 g/mol. The molecular formula is C13H20N2O3S. The average Bonchev–Trinajstić information content (AvgIpc) is 2.88. The molecule has 1 saturated heterocycles. The summed E-state index contributed by atoms with van der Waals surface area (Å²) in [6, 6.07) is 3.62. The molecule has 6 heteroatoms. The van der Waals surface area contributed by atoms with Gasteiger partial charge in [-0.05, 0) is 18.4 Å². The Balaban J connectivity index is 1.89. The number of aliphatic hydroxyl groups is 1. The molecule has 2 heterocycles. The standard InChI is InChI=1S/C13H20N2O3S/c1-19-10-11-2-3-12(18-11)13(17)15-6-4-14(5-7-15)8-9-16/h2-3,16H,4-10H2,1H3. The Labute approximate surface area is 117 Å². The van der Waals surface area contributed by atoms with Gasteiger partial charge in [0.1, 0.15) is 5.76 Å². The summed E-state index contributed by atoms with van der Waals surface area (Å²) in [7, 11) is 0. The van der Waals surface area contributed by atoms with Crippen molar-refractivity contribution in [3.63, 3.8) is 0 Å². The van der Waals surface area contributed by atoms with Crippen molar-refractivity contribution in [3.8, 4) is 0 Å². The van der Waals surface area contributed by atoms with Crippen LogP contribution in [0.5, 0.6) is 0 Å². The largest absolute Gasteiger partial charge is 0.455 e. The van der Waals surface area contributed by atoms with Crippen LogP contribution < -0.4 is 0 Å². The highest BCUT2D eigenvalue weighted by Crippen LogP contribution is 2.16. The van der Waals surface area contributed by atoms with Gasteiger partial charge in [-0.15, -0.1) is 0 Å². The molecule has 1 fully saturated rings. The zero-order valence-corrected chi connectivity index (χ0v) is 12.0. The van der Waals surface area contributed by atoms with E-state index >= 15 is 0 Å². The lowest BCUT2D eigenvalue weighted by atomic mass is 10.3. The number of rotatable bonds is 5. The zero-order valence-electron chi connectivity index (χ0n) is 11.2. The lowest BCUT2D eigenvalue weighted by Gasteiger charge is -2.33. The highest BCUT2D eigenvalue weighted by Gasteiger charge is 2.23. The molecule has 2 rings (SSSR count). The maximum Gasteiger partial charge on any atom is 0.289 e. The van der Waals surface area contributed by atoms with Crippen molar-refractivity contribution in [1.29, 1.82) is 0 Å².